The predicted molar refractivity (Wildman–Crippen MR) is 48.2 cm³/mol. The lowest BCUT2D eigenvalue weighted by Gasteiger charge is -2.05. The monoisotopic (exact) mass is 155 g/mol. The second-order valence-electron chi connectivity index (χ2n) is 2.76. The van der Waals surface area contributed by atoms with Gasteiger partial charge in [-0.05, 0) is 25.8 Å². The predicted octanol–water partition coefficient (Wildman–Crippen LogP) is 1.22. The molecule has 0 heterocycles. The van der Waals surface area contributed by atoms with Crippen LogP contribution in [0.5, 0.6) is 0 Å². The Balaban J connectivity index is 3.81. The smallest absolute Gasteiger partial charge is 0.0719 e. The van der Waals surface area contributed by atoms with Crippen LogP contribution in [-0.2, 0) is 0 Å². The Hall–Kier alpha value is -0.600. The van der Waals surface area contributed by atoms with Gasteiger partial charge in [0.15, 0.2) is 0 Å². The van der Waals surface area contributed by atoms with E-state index in [-0.39, 0.29) is 12.1 Å². The molecule has 0 saturated heterocycles. The maximum atomic E-state index is 9.07. The molecule has 2 nitrogen and oxygen atoms in total. The Morgan fingerprint density at radius 2 is 2.27 bits per heavy atom. The van der Waals surface area contributed by atoms with Crippen LogP contribution in [-0.4, -0.2) is 17.3 Å². The van der Waals surface area contributed by atoms with Crippen LogP contribution in [0.1, 0.15) is 20.3 Å². The summed E-state index contributed by atoms with van der Waals surface area (Å²) in [5.41, 5.74) is 6.54. The fourth-order valence-electron chi connectivity index (χ4n) is 0.589. The second-order valence-corrected chi connectivity index (χ2v) is 2.76. The summed E-state index contributed by atoms with van der Waals surface area (Å²) in [5, 5.41) is 9.07. The van der Waals surface area contributed by atoms with Gasteiger partial charge in [0.05, 0.1) is 6.10 Å². The summed E-state index contributed by atoms with van der Waals surface area (Å²) < 4.78 is 0. The van der Waals surface area contributed by atoms with Gasteiger partial charge < -0.3 is 10.8 Å². The quantitative estimate of drug-likeness (QED) is 0.599. The number of nitrogens with two attached hydrogens (primary N) is 1. The molecule has 0 rings (SSSR count). The van der Waals surface area contributed by atoms with Crippen LogP contribution >= 0.6 is 0 Å². The first-order valence-electron chi connectivity index (χ1n) is 3.80. The average molecular weight is 155 g/mol. The van der Waals surface area contributed by atoms with Crippen molar-refractivity contribution in [2.24, 2.45) is 5.73 Å². The maximum Gasteiger partial charge on any atom is 0.0719 e. The Bertz CT molecular complexity index is 150. The summed E-state index contributed by atoms with van der Waals surface area (Å²) in [7, 11) is 0. The summed E-state index contributed by atoms with van der Waals surface area (Å²) in [6, 6.07) is 0.00343. The van der Waals surface area contributed by atoms with E-state index in [9.17, 15) is 0 Å². The molecule has 0 saturated carbocycles. The molecule has 2 heteroatoms. The summed E-state index contributed by atoms with van der Waals surface area (Å²) in [6.07, 6.45) is 4.02. The SMILES string of the molecule is C=CC(N)C/C=C(\C)C(C)O. The van der Waals surface area contributed by atoms with E-state index in [4.69, 9.17) is 10.8 Å². The zero-order valence-corrected chi connectivity index (χ0v) is 7.25. The molecule has 0 spiro atoms. The lowest BCUT2D eigenvalue weighted by molar-refractivity contribution is 0.231. The van der Waals surface area contributed by atoms with E-state index < -0.39 is 0 Å². The molecule has 0 aromatic heterocycles. The fraction of sp³-hybridized carbons (Fsp3) is 0.556. The highest BCUT2D eigenvalue weighted by atomic mass is 16.3. The molecule has 0 amide bonds. The molecule has 0 aliphatic carbocycles. The Morgan fingerprint density at radius 1 is 1.73 bits per heavy atom. The number of aliphatic hydroxyl groups is 1. The van der Waals surface area contributed by atoms with E-state index in [0.29, 0.717) is 0 Å². The van der Waals surface area contributed by atoms with Crippen molar-refractivity contribution in [3.8, 4) is 0 Å². The fourth-order valence-corrected chi connectivity index (χ4v) is 0.589. The van der Waals surface area contributed by atoms with E-state index in [1.165, 1.54) is 0 Å². The van der Waals surface area contributed by atoms with Gasteiger partial charge in [-0.3, -0.25) is 0 Å². The first-order valence-corrected chi connectivity index (χ1v) is 3.80. The van der Waals surface area contributed by atoms with Crippen LogP contribution in [0, 0.1) is 0 Å². The van der Waals surface area contributed by atoms with Gasteiger partial charge in [-0.2, -0.15) is 0 Å². The van der Waals surface area contributed by atoms with Gasteiger partial charge in [-0.25, -0.2) is 0 Å². The molecule has 0 aliphatic heterocycles. The summed E-state index contributed by atoms with van der Waals surface area (Å²) >= 11 is 0. The second kappa shape index (κ2) is 5.10. The molecular formula is C9H17NO. The first-order chi connectivity index (χ1) is 5.07. The van der Waals surface area contributed by atoms with Gasteiger partial charge >= 0.3 is 0 Å². The van der Waals surface area contributed by atoms with Crippen molar-refractivity contribution in [2.75, 3.05) is 0 Å². The molecule has 0 aliphatic rings. The summed E-state index contributed by atoms with van der Waals surface area (Å²) in [5.74, 6) is 0. The standard InChI is InChI=1S/C9H17NO/c1-4-9(10)6-5-7(2)8(3)11/h4-5,8-9,11H,1,6,10H2,2-3H3/b7-5+. The third-order valence-corrected chi connectivity index (χ3v) is 1.67. The van der Waals surface area contributed by atoms with Crippen LogP contribution < -0.4 is 5.73 Å². The third kappa shape index (κ3) is 4.76. The minimum Gasteiger partial charge on any atom is -0.389 e. The van der Waals surface area contributed by atoms with E-state index >= 15 is 0 Å². The van der Waals surface area contributed by atoms with Crippen molar-refractivity contribution in [3.05, 3.63) is 24.3 Å². The maximum absolute atomic E-state index is 9.07. The molecule has 0 aromatic rings. The average Bonchev–Trinajstić information content (AvgIpc) is 1.99. The van der Waals surface area contributed by atoms with Crippen molar-refractivity contribution in [3.63, 3.8) is 0 Å². The highest BCUT2D eigenvalue weighted by molar-refractivity contribution is 5.05. The zero-order valence-electron chi connectivity index (χ0n) is 7.25. The first kappa shape index (κ1) is 10.4. The zero-order chi connectivity index (χ0) is 8.85. The van der Waals surface area contributed by atoms with E-state index in [0.717, 1.165) is 12.0 Å². The molecule has 0 aromatic carbocycles. The minimum atomic E-state index is -0.369. The van der Waals surface area contributed by atoms with Crippen LogP contribution in [0.25, 0.3) is 0 Å². The van der Waals surface area contributed by atoms with Crippen molar-refractivity contribution in [1.29, 1.82) is 0 Å². The van der Waals surface area contributed by atoms with Crippen LogP contribution in [0.3, 0.4) is 0 Å². The molecule has 64 valence electrons. The molecule has 0 bridgehead atoms. The molecule has 0 radical (unpaired) electrons. The molecule has 3 N–H and O–H groups in total. The molecule has 11 heavy (non-hydrogen) atoms. The van der Waals surface area contributed by atoms with Gasteiger partial charge in [0, 0.05) is 6.04 Å². The highest BCUT2D eigenvalue weighted by Gasteiger charge is 1.98. The summed E-state index contributed by atoms with van der Waals surface area (Å²) in [6.45, 7) is 7.20. The molecule has 0 fully saturated rings. The lowest BCUT2D eigenvalue weighted by atomic mass is 10.1. The van der Waals surface area contributed by atoms with E-state index in [1.54, 1.807) is 13.0 Å². The normalized spacial score (nSPS) is 17.6. The highest BCUT2D eigenvalue weighted by Crippen LogP contribution is 2.02. The van der Waals surface area contributed by atoms with Crippen molar-refractivity contribution < 1.29 is 5.11 Å². The number of hydrogen-bond donors (Lipinski definition) is 2. The molecular weight excluding hydrogens is 138 g/mol. The lowest BCUT2D eigenvalue weighted by Crippen LogP contribution is -2.15. The van der Waals surface area contributed by atoms with Crippen molar-refractivity contribution in [1.82, 2.24) is 0 Å². The van der Waals surface area contributed by atoms with Gasteiger partial charge in [-0.15, -0.1) is 6.58 Å². The number of aliphatic hydroxyl groups excluding tert-OH is 1. The number of rotatable bonds is 4. The van der Waals surface area contributed by atoms with Gasteiger partial charge in [0.25, 0.3) is 0 Å². The Morgan fingerprint density at radius 3 is 2.64 bits per heavy atom. The van der Waals surface area contributed by atoms with Crippen LogP contribution in [0.2, 0.25) is 0 Å². The van der Waals surface area contributed by atoms with Gasteiger partial charge in [-0.1, -0.05) is 12.2 Å². The Labute approximate surface area is 68.4 Å². The topological polar surface area (TPSA) is 46.2 Å². The third-order valence-electron chi connectivity index (χ3n) is 1.67. The summed E-state index contributed by atoms with van der Waals surface area (Å²) in [4.78, 5) is 0. The van der Waals surface area contributed by atoms with E-state index in [1.807, 2.05) is 13.0 Å². The van der Waals surface area contributed by atoms with Crippen LogP contribution in [0.15, 0.2) is 24.3 Å². The largest absolute Gasteiger partial charge is 0.389 e. The Kier molecular flexibility index (Phi) is 4.83. The number of hydrogen-bond acceptors (Lipinski definition) is 2. The van der Waals surface area contributed by atoms with Gasteiger partial charge in [0.1, 0.15) is 0 Å². The van der Waals surface area contributed by atoms with Crippen LogP contribution in [0.4, 0.5) is 0 Å². The minimum absolute atomic E-state index is 0.00343. The van der Waals surface area contributed by atoms with E-state index in [2.05, 4.69) is 6.58 Å². The molecule has 2 unspecified atom stereocenters. The molecule has 2 atom stereocenters. The van der Waals surface area contributed by atoms with Crippen molar-refractivity contribution in [2.45, 2.75) is 32.4 Å². The van der Waals surface area contributed by atoms with Gasteiger partial charge in [0.2, 0.25) is 0 Å². The van der Waals surface area contributed by atoms with Crippen molar-refractivity contribution >= 4 is 0 Å².